The van der Waals surface area contributed by atoms with E-state index < -0.39 is 0 Å². The standard InChI is InChI=1S/C22H28N2/c1-3-9-21(10-4-1)13-7-15-23-17-19-24(20-18-23)16-8-14-22-11-5-2-6-12-22/h1-7,9-13H,8,14-20H2. The molecule has 0 radical (unpaired) electrons. The Kier molecular flexibility index (Phi) is 6.64. The lowest BCUT2D eigenvalue weighted by molar-refractivity contribution is 0.141. The van der Waals surface area contributed by atoms with Gasteiger partial charge in [-0.3, -0.25) is 4.90 Å². The molecule has 0 amide bonds. The van der Waals surface area contributed by atoms with Crippen LogP contribution >= 0.6 is 0 Å². The predicted molar refractivity (Wildman–Crippen MR) is 103 cm³/mol. The number of hydrogen-bond donors (Lipinski definition) is 0. The maximum Gasteiger partial charge on any atom is 0.0167 e. The molecule has 1 heterocycles. The van der Waals surface area contributed by atoms with E-state index in [0.29, 0.717) is 0 Å². The topological polar surface area (TPSA) is 6.48 Å². The summed E-state index contributed by atoms with van der Waals surface area (Å²) < 4.78 is 0. The first-order valence-corrected chi connectivity index (χ1v) is 9.10. The SMILES string of the molecule is C(=Cc1ccccc1)CN1CCN(CCCc2ccccc2)CC1. The van der Waals surface area contributed by atoms with Gasteiger partial charge in [-0.05, 0) is 30.5 Å². The normalized spacial score (nSPS) is 16.7. The van der Waals surface area contributed by atoms with Gasteiger partial charge in [0.1, 0.15) is 0 Å². The van der Waals surface area contributed by atoms with Crippen LogP contribution in [0.4, 0.5) is 0 Å². The molecule has 1 aliphatic heterocycles. The Morgan fingerprint density at radius 1 is 0.750 bits per heavy atom. The average molecular weight is 320 g/mol. The van der Waals surface area contributed by atoms with Crippen LogP contribution in [0.25, 0.3) is 6.08 Å². The van der Waals surface area contributed by atoms with Crippen molar-refractivity contribution in [2.24, 2.45) is 0 Å². The second-order valence-corrected chi connectivity index (χ2v) is 6.54. The summed E-state index contributed by atoms with van der Waals surface area (Å²) in [5, 5.41) is 0. The molecular weight excluding hydrogens is 292 g/mol. The minimum absolute atomic E-state index is 1.06. The number of rotatable bonds is 7. The summed E-state index contributed by atoms with van der Waals surface area (Å²) in [5.74, 6) is 0. The highest BCUT2D eigenvalue weighted by molar-refractivity contribution is 5.48. The van der Waals surface area contributed by atoms with Gasteiger partial charge in [0.05, 0.1) is 0 Å². The Morgan fingerprint density at radius 2 is 1.38 bits per heavy atom. The van der Waals surface area contributed by atoms with Crippen LogP contribution in [0, 0.1) is 0 Å². The molecule has 2 aromatic carbocycles. The molecule has 1 saturated heterocycles. The molecule has 1 aliphatic rings. The van der Waals surface area contributed by atoms with E-state index >= 15 is 0 Å². The molecule has 2 heteroatoms. The molecule has 2 nitrogen and oxygen atoms in total. The average Bonchev–Trinajstić information content (AvgIpc) is 2.65. The van der Waals surface area contributed by atoms with Crippen LogP contribution in [-0.4, -0.2) is 49.1 Å². The van der Waals surface area contributed by atoms with Crippen molar-refractivity contribution >= 4 is 6.08 Å². The van der Waals surface area contributed by atoms with Gasteiger partial charge in [-0.1, -0.05) is 72.8 Å². The van der Waals surface area contributed by atoms with E-state index in [1.54, 1.807) is 0 Å². The summed E-state index contributed by atoms with van der Waals surface area (Å²) in [7, 11) is 0. The largest absolute Gasteiger partial charge is 0.301 e. The lowest BCUT2D eigenvalue weighted by Crippen LogP contribution is -2.46. The minimum Gasteiger partial charge on any atom is -0.301 e. The predicted octanol–water partition coefficient (Wildman–Crippen LogP) is 3.95. The van der Waals surface area contributed by atoms with E-state index in [9.17, 15) is 0 Å². The molecule has 0 aromatic heterocycles. The monoisotopic (exact) mass is 320 g/mol. The summed E-state index contributed by atoms with van der Waals surface area (Å²) in [5.41, 5.74) is 2.75. The highest BCUT2D eigenvalue weighted by atomic mass is 15.3. The molecule has 0 atom stereocenters. The van der Waals surface area contributed by atoms with Crippen molar-refractivity contribution in [3.8, 4) is 0 Å². The van der Waals surface area contributed by atoms with Gasteiger partial charge in [0.25, 0.3) is 0 Å². The second-order valence-electron chi connectivity index (χ2n) is 6.54. The molecule has 0 aliphatic carbocycles. The number of piperazine rings is 1. The summed E-state index contributed by atoms with van der Waals surface area (Å²) in [6.07, 6.45) is 6.98. The molecule has 1 fully saturated rings. The first-order chi connectivity index (χ1) is 11.9. The molecule has 0 saturated carbocycles. The Balaban J connectivity index is 1.32. The fraction of sp³-hybridized carbons (Fsp3) is 0.364. The Hall–Kier alpha value is -1.90. The van der Waals surface area contributed by atoms with Crippen molar-refractivity contribution in [1.29, 1.82) is 0 Å². The maximum atomic E-state index is 2.61. The number of nitrogens with zero attached hydrogens (tertiary/aromatic N) is 2. The molecular formula is C22H28N2. The van der Waals surface area contributed by atoms with Crippen LogP contribution in [0.3, 0.4) is 0 Å². The third-order valence-corrected chi connectivity index (χ3v) is 4.72. The molecule has 2 aromatic rings. The van der Waals surface area contributed by atoms with Gasteiger partial charge in [-0.25, -0.2) is 0 Å². The zero-order chi connectivity index (χ0) is 16.5. The van der Waals surface area contributed by atoms with E-state index in [1.165, 1.54) is 56.7 Å². The van der Waals surface area contributed by atoms with Crippen LogP contribution in [0.5, 0.6) is 0 Å². The van der Waals surface area contributed by atoms with Crippen LogP contribution in [0.2, 0.25) is 0 Å². The van der Waals surface area contributed by atoms with Crippen molar-refractivity contribution in [3.05, 3.63) is 77.9 Å². The summed E-state index contributed by atoms with van der Waals surface area (Å²) in [6, 6.07) is 21.4. The lowest BCUT2D eigenvalue weighted by Gasteiger charge is -2.34. The van der Waals surface area contributed by atoms with Crippen LogP contribution < -0.4 is 0 Å². The Bertz CT molecular complexity index is 598. The van der Waals surface area contributed by atoms with Crippen molar-refractivity contribution in [3.63, 3.8) is 0 Å². The molecule has 126 valence electrons. The van der Waals surface area contributed by atoms with E-state index in [1.807, 2.05) is 0 Å². The molecule has 24 heavy (non-hydrogen) atoms. The maximum absolute atomic E-state index is 2.61. The van der Waals surface area contributed by atoms with E-state index in [0.717, 1.165) is 6.54 Å². The number of hydrogen-bond acceptors (Lipinski definition) is 2. The quantitative estimate of drug-likeness (QED) is 0.762. The van der Waals surface area contributed by atoms with Gasteiger partial charge in [-0.2, -0.15) is 0 Å². The van der Waals surface area contributed by atoms with Gasteiger partial charge < -0.3 is 4.90 Å². The van der Waals surface area contributed by atoms with Crippen molar-refractivity contribution in [2.45, 2.75) is 12.8 Å². The molecule has 0 spiro atoms. The van der Waals surface area contributed by atoms with E-state index in [4.69, 9.17) is 0 Å². The first-order valence-electron chi connectivity index (χ1n) is 9.10. The van der Waals surface area contributed by atoms with Gasteiger partial charge in [0.2, 0.25) is 0 Å². The van der Waals surface area contributed by atoms with E-state index in [2.05, 4.69) is 82.6 Å². The Morgan fingerprint density at radius 3 is 2.08 bits per heavy atom. The molecule has 0 bridgehead atoms. The van der Waals surface area contributed by atoms with Gasteiger partial charge >= 0.3 is 0 Å². The lowest BCUT2D eigenvalue weighted by atomic mass is 10.1. The number of aryl methyl sites for hydroxylation is 1. The Labute approximate surface area is 146 Å². The number of benzene rings is 2. The van der Waals surface area contributed by atoms with Gasteiger partial charge in [0, 0.05) is 32.7 Å². The zero-order valence-corrected chi connectivity index (χ0v) is 14.5. The summed E-state index contributed by atoms with van der Waals surface area (Å²) in [4.78, 5) is 5.16. The fourth-order valence-electron chi connectivity index (χ4n) is 3.25. The zero-order valence-electron chi connectivity index (χ0n) is 14.5. The molecule has 0 N–H and O–H groups in total. The van der Waals surface area contributed by atoms with Crippen molar-refractivity contribution < 1.29 is 0 Å². The van der Waals surface area contributed by atoms with Gasteiger partial charge in [0.15, 0.2) is 0 Å². The highest BCUT2D eigenvalue weighted by Gasteiger charge is 2.15. The van der Waals surface area contributed by atoms with E-state index in [-0.39, 0.29) is 0 Å². The first kappa shape index (κ1) is 16.9. The van der Waals surface area contributed by atoms with Crippen LogP contribution in [0.15, 0.2) is 66.7 Å². The van der Waals surface area contributed by atoms with Crippen molar-refractivity contribution in [1.82, 2.24) is 9.80 Å². The summed E-state index contributed by atoms with van der Waals surface area (Å²) in [6.45, 7) is 7.06. The fourth-order valence-corrected chi connectivity index (χ4v) is 3.25. The minimum atomic E-state index is 1.06. The summed E-state index contributed by atoms with van der Waals surface area (Å²) >= 11 is 0. The smallest absolute Gasteiger partial charge is 0.0167 e. The van der Waals surface area contributed by atoms with Crippen molar-refractivity contribution in [2.75, 3.05) is 39.3 Å². The molecule has 0 unspecified atom stereocenters. The van der Waals surface area contributed by atoms with Crippen LogP contribution in [0.1, 0.15) is 17.5 Å². The third-order valence-electron chi connectivity index (χ3n) is 4.72. The molecule has 3 rings (SSSR count). The van der Waals surface area contributed by atoms with Gasteiger partial charge in [-0.15, -0.1) is 0 Å². The third kappa shape index (κ3) is 5.63. The second kappa shape index (κ2) is 9.41. The van der Waals surface area contributed by atoms with Crippen LogP contribution in [-0.2, 0) is 6.42 Å². The highest BCUT2D eigenvalue weighted by Crippen LogP contribution is 2.07.